The summed E-state index contributed by atoms with van der Waals surface area (Å²) in [5.41, 5.74) is -0.612. The first-order chi connectivity index (χ1) is 6.76. The maximum absolute atomic E-state index is 11.1. The van der Waals surface area contributed by atoms with Crippen LogP contribution in [0.1, 0.15) is 34.1 Å². The van der Waals surface area contributed by atoms with E-state index in [1.54, 1.807) is 27.7 Å². The lowest BCUT2D eigenvalue weighted by Gasteiger charge is -2.17. The lowest BCUT2D eigenvalue weighted by molar-refractivity contribution is -0.139. The molecule has 0 aromatic heterocycles. The van der Waals surface area contributed by atoms with Crippen molar-refractivity contribution in [3.63, 3.8) is 0 Å². The Hall–Kier alpha value is -1.39. The first kappa shape index (κ1) is 13.6. The molecule has 1 unspecified atom stereocenters. The van der Waals surface area contributed by atoms with Gasteiger partial charge in [-0.1, -0.05) is 6.92 Å². The summed E-state index contributed by atoms with van der Waals surface area (Å²) in [6, 6.07) is 0. The Morgan fingerprint density at radius 1 is 1.47 bits per heavy atom. The van der Waals surface area contributed by atoms with Gasteiger partial charge in [0.1, 0.15) is 5.60 Å². The number of carboxylic acids is 1. The molecule has 0 bridgehead atoms. The maximum atomic E-state index is 11.1. The zero-order valence-corrected chi connectivity index (χ0v) is 9.48. The van der Waals surface area contributed by atoms with Gasteiger partial charge in [0.15, 0.2) is 0 Å². The zero-order valence-electron chi connectivity index (χ0n) is 9.48. The number of rotatable bonds is 3. The van der Waals surface area contributed by atoms with Crippen molar-refractivity contribution in [3.8, 4) is 0 Å². The molecule has 0 radical (unpaired) electrons. The number of aliphatic imine (C=N–C) groups is 1. The van der Waals surface area contributed by atoms with Gasteiger partial charge in [0.05, 0.1) is 5.92 Å². The van der Waals surface area contributed by atoms with Crippen molar-refractivity contribution in [2.75, 3.05) is 0 Å². The Morgan fingerprint density at radius 3 is 2.33 bits per heavy atom. The van der Waals surface area contributed by atoms with Crippen LogP contribution in [-0.4, -0.2) is 29.0 Å². The summed E-state index contributed by atoms with van der Waals surface area (Å²) in [6.45, 7) is 6.86. The first-order valence-corrected chi connectivity index (χ1v) is 4.76. The molecule has 86 valence electrons. The van der Waals surface area contributed by atoms with Gasteiger partial charge in [0.25, 0.3) is 0 Å². The number of carbonyl (C=O) groups is 2. The normalized spacial score (nSPS) is 13.9. The van der Waals surface area contributed by atoms with Gasteiger partial charge in [-0.15, -0.1) is 0 Å². The van der Waals surface area contributed by atoms with E-state index in [1.807, 2.05) is 0 Å². The molecule has 0 fully saturated rings. The van der Waals surface area contributed by atoms with Crippen LogP contribution in [0.2, 0.25) is 0 Å². The van der Waals surface area contributed by atoms with Gasteiger partial charge in [0.2, 0.25) is 0 Å². The summed E-state index contributed by atoms with van der Waals surface area (Å²) < 4.78 is 4.88. The molecule has 0 aliphatic heterocycles. The highest BCUT2D eigenvalue weighted by atomic mass is 16.6. The van der Waals surface area contributed by atoms with Crippen LogP contribution < -0.4 is 0 Å². The van der Waals surface area contributed by atoms with Crippen molar-refractivity contribution in [1.29, 1.82) is 0 Å². The fraction of sp³-hybridized carbons (Fsp3) is 0.700. The smallest absolute Gasteiger partial charge is 0.433 e. The second kappa shape index (κ2) is 5.48. The molecule has 0 heterocycles. The third-order valence-corrected chi connectivity index (χ3v) is 1.51. The molecule has 5 nitrogen and oxygen atoms in total. The van der Waals surface area contributed by atoms with E-state index in [4.69, 9.17) is 9.84 Å². The fourth-order valence-corrected chi connectivity index (χ4v) is 0.783. The van der Waals surface area contributed by atoms with Gasteiger partial charge in [-0.3, -0.25) is 4.79 Å². The molecular formula is C10H17NO4. The number of hydrogen-bond donors (Lipinski definition) is 1. The average Bonchev–Trinajstić information content (AvgIpc) is 2.01. The van der Waals surface area contributed by atoms with E-state index >= 15 is 0 Å². The number of carbonyl (C=O) groups excluding carboxylic acids is 1. The van der Waals surface area contributed by atoms with Gasteiger partial charge in [-0.2, -0.15) is 4.99 Å². The summed E-state index contributed by atoms with van der Waals surface area (Å²) in [4.78, 5) is 25.1. The van der Waals surface area contributed by atoms with Crippen molar-refractivity contribution in [2.45, 2.75) is 39.7 Å². The van der Waals surface area contributed by atoms with Crippen LogP contribution in [0.3, 0.4) is 0 Å². The first-order valence-electron chi connectivity index (χ1n) is 4.76. The van der Waals surface area contributed by atoms with Crippen molar-refractivity contribution in [1.82, 2.24) is 0 Å². The molecule has 15 heavy (non-hydrogen) atoms. The predicted molar refractivity (Wildman–Crippen MR) is 56.1 cm³/mol. The highest BCUT2D eigenvalue weighted by Crippen LogP contribution is 2.08. The Bertz CT molecular complexity index is 265. The molecule has 0 aromatic rings. The van der Waals surface area contributed by atoms with Crippen molar-refractivity contribution >= 4 is 18.3 Å². The van der Waals surface area contributed by atoms with E-state index < -0.39 is 23.6 Å². The lowest BCUT2D eigenvalue weighted by Crippen LogP contribution is -2.22. The lowest BCUT2D eigenvalue weighted by atomic mass is 10.1. The van der Waals surface area contributed by atoms with Gasteiger partial charge in [0, 0.05) is 6.21 Å². The van der Waals surface area contributed by atoms with Crippen LogP contribution in [0.5, 0.6) is 0 Å². The molecule has 5 heteroatoms. The van der Waals surface area contributed by atoms with E-state index in [0.29, 0.717) is 6.42 Å². The predicted octanol–water partition coefficient (Wildman–Crippen LogP) is 2.10. The summed E-state index contributed by atoms with van der Waals surface area (Å²) >= 11 is 0. The quantitative estimate of drug-likeness (QED) is 0.731. The SMILES string of the molecule is CCC(/C=N/C(=O)OC(C)(C)C)C(=O)O. The molecule has 0 saturated carbocycles. The maximum Gasteiger partial charge on any atom is 0.433 e. The number of nitrogens with zero attached hydrogens (tertiary/aromatic N) is 1. The summed E-state index contributed by atoms with van der Waals surface area (Å²) in [6.07, 6.45) is 0.736. The van der Waals surface area contributed by atoms with Crippen LogP contribution in [0.15, 0.2) is 4.99 Å². The molecule has 0 aliphatic rings. The minimum absolute atomic E-state index is 0.391. The summed E-state index contributed by atoms with van der Waals surface area (Å²) in [5, 5.41) is 8.68. The van der Waals surface area contributed by atoms with Gasteiger partial charge < -0.3 is 9.84 Å². The second-order valence-corrected chi connectivity index (χ2v) is 4.11. The zero-order chi connectivity index (χ0) is 12.1. The Kier molecular flexibility index (Phi) is 4.97. The Balaban J connectivity index is 4.27. The van der Waals surface area contributed by atoms with Gasteiger partial charge in [-0.25, -0.2) is 4.79 Å². The van der Waals surface area contributed by atoms with Gasteiger partial charge >= 0.3 is 12.1 Å². The Morgan fingerprint density at radius 2 is 2.00 bits per heavy atom. The molecule has 1 N–H and O–H groups in total. The van der Waals surface area contributed by atoms with E-state index in [2.05, 4.69) is 4.99 Å². The van der Waals surface area contributed by atoms with Crippen molar-refractivity contribution in [2.24, 2.45) is 10.9 Å². The molecule has 0 aromatic carbocycles. The number of hydrogen-bond acceptors (Lipinski definition) is 3. The van der Waals surface area contributed by atoms with Crippen LogP contribution in [-0.2, 0) is 9.53 Å². The fourth-order valence-electron chi connectivity index (χ4n) is 0.783. The van der Waals surface area contributed by atoms with E-state index in [1.165, 1.54) is 0 Å². The summed E-state index contributed by atoms with van der Waals surface area (Å²) in [7, 11) is 0. The van der Waals surface area contributed by atoms with Crippen molar-refractivity contribution in [3.05, 3.63) is 0 Å². The average molecular weight is 215 g/mol. The van der Waals surface area contributed by atoms with Crippen molar-refractivity contribution < 1.29 is 19.4 Å². The molecule has 0 saturated heterocycles. The number of carboxylic acid groups (broad SMARTS) is 1. The number of ether oxygens (including phenoxy) is 1. The van der Waals surface area contributed by atoms with Crippen LogP contribution in [0.4, 0.5) is 4.79 Å². The number of aliphatic carboxylic acids is 1. The molecule has 1 atom stereocenters. The monoisotopic (exact) mass is 215 g/mol. The minimum Gasteiger partial charge on any atom is -0.481 e. The van der Waals surface area contributed by atoms with Crippen LogP contribution in [0.25, 0.3) is 0 Å². The minimum atomic E-state index is -0.996. The highest BCUT2D eigenvalue weighted by molar-refractivity contribution is 5.92. The Labute approximate surface area is 89.1 Å². The van der Waals surface area contributed by atoms with E-state index in [9.17, 15) is 9.59 Å². The topological polar surface area (TPSA) is 76.0 Å². The van der Waals surface area contributed by atoms with Crippen LogP contribution >= 0.6 is 0 Å². The second-order valence-electron chi connectivity index (χ2n) is 4.11. The molecule has 0 aliphatic carbocycles. The largest absolute Gasteiger partial charge is 0.481 e. The molecule has 0 spiro atoms. The van der Waals surface area contributed by atoms with E-state index in [0.717, 1.165) is 6.21 Å². The highest BCUT2D eigenvalue weighted by Gasteiger charge is 2.17. The number of amides is 1. The van der Waals surface area contributed by atoms with E-state index in [-0.39, 0.29) is 0 Å². The standard InChI is InChI=1S/C10H17NO4/c1-5-7(8(12)13)6-11-9(14)15-10(2,3)4/h6-7H,5H2,1-4H3,(H,12,13)/b11-6+. The third kappa shape index (κ3) is 6.65. The van der Waals surface area contributed by atoms with Crippen LogP contribution in [0, 0.1) is 5.92 Å². The summed E-state index contributed by atoms with van der Waals surface area (Å²) in [5.74, 6) is -1.73. The molecule has 1 amide bonds. The van der Waals surface area contributed by atoms with Gasteiger partial charge in [-0.05, 0) is 27.2 Å². The molecular weight excluding hydrogens is 198 g/mol. The molecule has 0 rings (SSSR count). The third-order valence-electron chi connectivity index (χ3n) is 1.51.